The highest BCUT2D eigenvalue weighted by molar-refractivity contribution is 6.32. The minimum Gasteiger partial charge on any atom is -0.449 e. The molecular formula is C25H20ClNO3. The number of ether oxygens (including phenoxy) is 1. The lowest BCUT2D eigenvalue weighted by atomic mass is 9.98. The number of halogens is 1. The fraction of sp³-hybridized carbons (Fsp3) is 0.120. The third kappa shape index (κ3) is 4.14. The molecule has 5 heteroatoms. The molecule has 0 spiro atoms. The summed E-state index contributed by atoms with van der Waals surface area (Å²) >= 11 is 6.12. The summed E-state index contributed by atoms with van der Waals surface area (Å²) in [7, 11) is 0. The van der Waals surface area contributed by atoms with E-state index in [0.29, 0.717) is 10.6 Å². The lowest BCUT2D eigenvalue weighted by Crippen LogP contribution is -2.26. The smallest absolute Gasteiger partial charge is 0.407 e. The Balaban J connectivity index is 1.34. The molecule has 30 heavy (non-hydrogen) atoms. The molecular weight excluding hydrogens is 398 g/mol. The van der Waals surface area contributed by atoms with Gasteiger partial charge in [0.1, 0.15) is 12.9 Å². The van der Waals surface area contributed by atoms with Gasteiger partial charge in [0, 0.05) is 23.0 Å². The molecule has 1 aliphatic carbocycles. The molecule has 0 bridgehead atoms. The van der Waals surface area contributed by atoms with E-state index in [1.165, 1.54) is 22.3 Å². The quantitative estimate of drug-likeness (QED) is 0.523. The number of benzene rings is 3. The van der Waals surface area contributed by atoms with Gasteiger partial charge in [-0.3, -0.25) is 4.79 Å². The van der Waals surface area contributed by atoms with Crippen LogP contribution in [0.15, 0.2) is 72.8 Å². The van der Waals surface area contributed by atoms with Crippen molar-refractivity contribution in [1.82, 2.24) is 5.32 Å². The Labute approximate surface area is 180 Å². The molecule has 0 unspecified atom stereocenters. The zero-order chi connectivity index (χ0) is 20.9. The molecule has 1 amide bonds. The normalized spacial score (nSPS) is 12.4. The molecule has 0 saturated carbocycles. The van der Waals surface area contributed by atoms with Crippen LogP contribution in [0.1, 0.15) is 33.0 Å². The Bertz CT molecular complexity index is 1080. The predicted molar refractivity (Wildman–Crippen MR) is 119 cm³/mol. The number of nitrogens with one attached hydrogen (secondary N) is 1. The number of hydrogen-bond donors (Lipinski definition) is 1. The molecule has 0 heterocycles. The third-order valence-electron chi connectivity index (χ3n) is 5.16. The maximum atomic E-state index is 12.2. The van der Waals surface area contributed by atoms with Gasteiger partial charge in [-0.05, 0) is 39.9 Å². The van der Waals surface area contributed by atoms with Crippen molar-refractivity contribution in [3.05, 3.63) is 100 Å². The molecule has 3 aromatic rings. The summed E-state index contributed by atoms with van der Waals surface area (Å²) in [6.45, 7) is 0.565. The highest BCUT2D eigenvalue weighted by atomic mass is 35.5. The first-order chi connectivity index (χ1) is 14.7. The first-order valence-corrected chi connectivity index (χ1v) is 10.1. The fourth-order valence-electron chi connectivity index (χ4n) is 3.74. The average molecular weight is 418 g/mol. The van der Waals surface area contributed by atoms with Crippen molar-refractivity contribution in [2.75, 3.05) is 13.2 Å². The van der Waals surface area contributed by atoms with Crippen LogP contribution >= 0.6 is 11.6 Å². The zero-order valence-electron chi connectivity index (χ0n) is 16.2. The Morgan fingerprint density at radius 3 is 2.33 bits per heavy atom. The van der Waals surface area contributed by atoms with E-state index in [0.717, 1.165) is 11.8 Å². The van der Waals surface area contributed by atoms with Gasteiger partial charge in [0.05, 0.1) is 0 Å². The first kappa shape index (κ1) is 19.9. The van der Waals surface area contributed by atoms with E-state index in [2.05, 4.69) is 29.6 Å². The van der Waals surface area contributed by atoms with E-state index < -0.39 is 6.09 Å². The van der Waals surface area contributed by atoms with Gasteiger partial charge in [0.2, 0.25) is 0 Å². The van der Waals surface area contributed by atoms with Crippen LogP contribution in [0.25, 0.3) is 17.2 Å². The Morgan fingerprint density at radius 2 is 1.67 bits per heavy atom. The monoisotopic (exact) mass is 417 g/mol. The number of amides is 1. The maximum absolute atomic E-state index is 12.2. The van der Waals surface area contributed by atoms with Gasteiger partial charge >= 0.3 is 6.09 Å². The molecule has 1 aliphatic rings. The largest absolute Gasteiger partial charge is 0.449 e. The summed E-state index contributed by atoms with van der Waals surface area (Å²) < 4.78 is 5.50. The summed E-state index contributed by atoms with van der Waals surface area (Å²) in [6, 6.07) is 21.4. The second-order valence-electron chi connectivity index (χ2n) is 7.01. The Kier molecular flexibility index (Phi) is 5.96. The van der Waals surface area contributed by atoms with E-state index in [-0.39, 0.29) is 19.1 Å². The van der Waals surface area contributed by atoms with Crippen LogP contribution in [-0.4, -0.2) is 25.5 Å². The van der Waals surface area contributed by atoms with Crippen LogP contribution in [0.5, 0.6) is 0 Å². The second-order valence-corrected chi connectivity index (χ2v) is 7.41. The molecule has 0 aliphatic heterocycles. The van der Waals surface area contributed by atoms with E-state index in [4.69, 9.17) is 16.3 Å². The highest BCUT2D eigenvalue weighted by Gasteiger charge is 2.28. The number of fused-ring (bicyclic) bond motifs is 3. The van der Waals surface area contributed by atoms with Crippen molar-refractivity contribution in [3.8, 4) is 11.1 Å². The van der Waals surface area contributed by atoms with E-state index in [9.17, 15) is 9.59 Å². The molecule has 1 N–H and O–H groups in total. The SMILES string of the molecule is O=Cc1ccc(Cl)c(C=CCNC(=O)OCC2c3ccccc3-c3ccccc32)c1. The number of aldehydes is 1. The number of rotatable bonds is 6. The summed E-state index contributed by atoms with van der Waals surface area (Å²) in [5.41, 5.74) is 6.00. The molecule has 150 valence electrons. The van der Waals surface area contributed by atoms with Crippen molar-refractivity contribution >= 4 is 30.1 Å². The van der Waals surface area contributed by atoms with Crippen LogP contribution in [0, 0.1) is 0 Å². The Hall–Kier alpha value is -3.37. The second kappa shape index (κ2) is 8.97. The minimum atomic E-state index is -0.478. The molecule has 3 aromatic carbocycles. The van der Waals surface area contributed by atoms with Crippen molar-refractivity contribution in [2.24, 2.45) is 0 Å². The minimum absolute atomic E-state index is 0.0311. The zero-order valence-corrected chi connectivity index (χ0v) is 16.9. The van der Waals surface area contributed by atoms with Crippen molar-refractivity contribution in [2.45, 2.75) is 5.92 Å². The lowest BCUT2D eigenvalue weighted by molar-refractivity contribution is 0.112. The third-order valence-corrected chi connectivity index (χ3v) is 5.51. The number of alkyl carbamates (subject to hydrolysis) is 1. The standard InChI is InChI=1S/C25H20ClNO3/c26-24-12-11-17(15-28)14-18(24)6-5-13-27-25(29)30-16-23-21-9-3-1-7-19(21)20-8-2-4-10-22(20)23/h1-12,14-15,23H,13,16H2,(H,27,29). The van der Waals surface area contributed by atoms with Crippen LogP contribution < -0.4 is 5.32 Å². The summed E-state index contributed by atoms with van der Waals surface area (Å²) in [5, 5.41) is 3.25. The summed E-state index contributed by atoms with van der Waals surface area (Å²) in [6.07, 6.45) is 3.81. The van der Waals surface area contributed by atoms with Gasteiger partial charge in [-0.2, -0.15) is 0 Å². The van der Waals surface area contributed by atoms with Crippen molar-refractivity contribution in [1.29, 1.82) is 0 Å². The summed E-state index contributed by atoms with van der Waals surface area (Å²) in [4.78, 5) is 23.0. The van der Waals surface area contributed by atoms with Crippen molar-refractivity contribution in [3.63, 3.8) is 0 Å². The number of carbonyl (C=O) groups excluding carboxylic acids is 2. The van der Waals surface area contributed by atoms with E-state index >= 15 is 0 Å². The topological polar surface area (TPSA) is 55.4 Å². The highest BCUT2D eigenvalue weighted by Crippen LogP contribution is 2.44. The molecule has 4 nitrogen and oxygen atoms in total. The van der Waals surface area contributed by atoms with Gasteiger partial charge < -0.3 is 10.1 Å². The molecule has 0 fully saturated rings. The van der Waals surface area contributed by atoms with Gasteiger partial charge in [-0.25, -0.2) is 4.79 Å². The lowest BCUT2D eigenvalue weighted by Gasteiger charge is -2.14. The van der Waals surface area contributed by atoms with E-state index in [1.807, 2.05) is 24.3 Å². The van der Waals surface area contributed by atoms with Crippen molar-refractivity contribution < 1.29 is 14.3 Å². The molecule has 0 saturated heterocycles. The van der Waals surface area contributed by atoms with E-state index in [1.54, 1.807) is 30.4 Å². The van der Waals surface area contributed by atoms with Crippen LogP contribution in [-0.2, 0) is 4.74 Å². The number of hydrogen-bond acceptors (Lipinski definition) is 3. The maximum Gasteiger partial charge on any atom is 0.407 e. The molecule has 0 aromatic heterocycles. The first-order valence-electron chi connectivity index (χ1n) is 9.67. The van der Waals surface area contributed by atoms with Gasteiger partial charge in [0.25, 0.3) is 0 Å². The van der Waals surface area contributed by atoms with Gasteiger partial charge in [0.15, 0.2) is 0 Å². The summed E-state index contributed by atoms with van der Waals surface area (Å²) in [5.74, 6) is 0.0311. The molecule has 0 radical (unpaired) electrons. The van der Waals surface area contributed by atoms with Gasteiger partial charge in [-0.1, -0.05) is 78.4 Å². The Morgan fingerprint density at radius 1 is 1.00 bits per heavy atom. The fourth-order valence-corrected chi connectivity index (χ4v) is 3.92. The predicted octanol–water partition coefficient (Wildman–Crippen LogP) is 5.70. The molecule has 4 rings (SSSR count). The average Bonchev–Trinajstić information content (AvgIpc) is 3.10. The van der Waals surface area contributed by atoms with Crippen LogP contribution in [0.3, 0.4) is 0 Å². The van der Waals surface area contributed by atoms with Crippen LogP contribution in [0.4, 0.5) is 4.79 Å². The molecule has 0 atom stereocenters. The number of carbonyl (C=O) groups is 2. The van der Waals surface area contributed by atoms with Gasteiger partial charge in [-0.15, -0.1) is 0 Å². The van der Waals surface area contributed by atoms with Crippen LogP contribution in [0.2, 0.25) is 5.02 Å².